The molecule has 0 radical (unpaired) electrons. The summed E-state index contributed by atoms with van der Waals surface area (Å²) < 4.78 is 26.1. The molecule has 0 saturated heterocycles. The zero-order valence-corrected chi connectivity index (χ0v) is 7.50. The lowest BCUT2D eigenvalue weighted by molar-refractivity contribution is 0.269. The predicted octanol–water partition coefficient (Wildman–Crippen LogP) is 1.43. The van der Waals surface area contributed by atoms with Crippen LogP contribution >= 0.6 is 0 Å². The largest absolute Gasteiger partial charge is 0.391 e. The Morgan fingerprint density at radius 2 is 1.86 bits per heavy atom. The highest BCUT2D eigenvalue weighted by Crippen LogP contribution is 2.16. The first-order valence-corrected chi connectivity index (χ1v) is 4.14. The van der Waals surface area contributed by atoms with Gasteiger partial charge in [-0.1, -0.05) is 12.2 Å². The molecular weight excluding hydrogens is 188 g/mol. The van der Waals surface area contributed by atoms with Crippen molar-refractivity contribution in [2.24, 2.45) is 5.73 Å². The van der Waals surface area contributed by atoms with Gasteiger partial charge in [0.15, 0.2) is 0 Å². The fourth-order valence-electron chi connectivity index (χ4n) is 1.07. The van der Waals surface area contributed by atoms with E-state index in [0.717, 1.165) is 12.1 Å². The van der Waals surface area contributed by atoms with Crippen LogP contribution in [0, 0.1) is 11.6 Å². The first-order chi connectivity index (χ1) is 6.69. The molecule has 0 aliphatic heterocycles. The van der Waals surface area contributed by atoms with Crippen molar-refractivity contribution in [3.63, 3.8) is 0 Å². The second kappa shape index (κ2) is 4.83. The summed E-state index contributed by atoms with van der Waals surface area (Å²) in [5.74, 6) is -1.49. The fraction of sp³-hybridized carbons (Fsp3) is 0.200. The highest BCUT2D eigenvalue weighted by Gasteiger charge is 2.08. The molecule has 2 nitrogen and oxygen atoms in total. The van der Waals surface area contributed by atoms with E-state index in [1.807, 2.05) is 0 Å². The van der Waals surface area contributed by atoms with Crippen LogP contribution in [0.3, 0.4) is 0 Å². The van der Waals surface area contributed by atoms with E-state index < -0.39 is 18.2 Å². The Hall–Kier alpha value is -1.26. The number of aliphatic hydroxyl groups is 1. The van der Waals surface area contributed by atoms with Gasteiger partial charge in [0, 0.05) is 12.1 Å². The van der Waals surface area contributed by atoms with Crippen molar-refractivity contribution in [3.8, 4) is 0 Å². The SMILES string of the molecule is NCC=Cc1cc(F)c(CO)c(F)c1. The van der Waals surface area contributed by atoms with Crippen molar-refractivity contribution in [1.29, 1.82) is 0 Å². The molecule has 4 heteroatoms. The van der Waals surface area contributed by atoms with E-state index in [-0.39, 0.29) is 5.56 Å². The summed E-state index contributed by atoms with van der Waals surface area (Å²) in [5, 5.41) is 8.65. The predicted molar refractivity (Wildman–Crippen MR) is 50.4 cm³/mol. The molecule has 0 amide bonds. The molecular formula is C10H11F2NO. The molecule has 0 aromatic heterocycles. The molecule has 14 heavy (non-hydrogen) atoms. The number of halogens is 2. The zero-order chi connectivity index (χ0) is 10.6. The molecule has 1 aromatic rings. The third-order valence-electron chi connectivity index (χ3n) is 1.77. The van der Waals surface area contributed by atoms with Crippen molar-refractivity contribution >= 4 is 6.08 Å². The van der Waals surface area contributed by atoms with Crippen LogP contribution in [0.25, 0.3) is 6.08 Å². The van der Waals surface area contributed by atoms with Crippen LogP contribution in [0.4, 0.5) is 8.78 Å². The first kappa shape index (κ1) is 10.8. The third-order valence-corrected chi connectivity index (χ3v) is 1.77. The summed E-state index contributed by atoms with van der Waals surface area (Å²) in [6.45, 7) is -0.330. The van der Waals surface area contributed by atoms with Crippen LogP contribution in [0.2, 0.25) is 0 Å². The van der Waals surface area contributed by atoms with Crippen LogP contribution in [-0.2, 0) is 6.61 Å². The maximum atomic E-state index is 13.1. The Morgan fingerprint density at radius 1 is 1.29 bits per heavy atom. The lowest BCUT2D eigenvalue weighted by atomic mass is 10.1. The maximum absolute atomic E-state index is 13.1. The van der Waals surface area contributed by atoms with Crippen LogP contribution in [-0.4, -0.2) is 11.7 Å². The van der Waals surface area contributed by atoms with Gasteiger partial charge in [-0.15, -0.1) is 0 Å². The number of benzene rings is 1. The minimum Gasteiger partial charge on any atom is -0.391 e. The number of hydrogen-bond donors (Lipinski definition) is 2. The number of rotatable bonds is 3. The Balaban J connectivity index is 3.07. The molecule has 0 spiro atoms. The first-order valence-electron chi connectivity index (χ1n) is 4.14. The van der Waals surface area contributed by atoms with Gasteiger partial charge in [0.1, 0.15) is 11.6 Å². The van der Waals surface area contributed by atoms with Gasteiger partial charge in [-0.05, 0) is 17.7 Å². The van der Waals surface area contributed by atoms with Crippen LogP contribution in [0.5, 0.6) is 0 Å². The molecule has 0 saturated carbocycles. The third kappa shape index (κ3) is 2.37. The second-order valence-corrected chi connectivity index (χ2v) is 2.76. The van der Waals surface area contributed by atoms with E-state index in [2.05, 4.69) is 0 Å². The van der Waals surface area contributed by atoms with Crippen molar-refractivity contribution < 1.29 is 13.9 Å². The van der Waals surface area contributed by atoms with Crippen LogP contribution in [0.1, 0.15) is 11.1 Å². The van der Waals surface area contributed by atoms with E-state index in [4.69, 9.17) is 10.8 Å². The highest BCUT2D eigenvalue weighted by molar-refractivity contribution is 5.50. The molecule has 0 unspecified atom stereocenters. The normalized spacial score (nSPS) is 11.1. The molecule has 0 fully saturated rings. The van der Waals surface area contributed by atoms with Gasteiger partial charge in [0.05, 0.1) is 6.61 Å². The van der Waals surface area contributed by atoms with Crippen LogP contribution < -0.4 is 5.73 Å². The fourth-order valence-corrected chi connectivity index (χ4v) is 1.07. The Morgan fingerprint density at radius 3 is 2.29 bits per heavy atom. The van der Waals surface area contributed by atoms with E-state index in [0.29, 0.717) is 12.1 Å². The summed E-state index contributed by atoms with van der Waals surface area (Å²) >= 11 is 0. The van der Waals surface area contributed by atoms with Gasteiger partial charge in [0.2, 0.25) is 0 Å². The molecule has 3 N–H and O–H groups in total. The molecule has 0 aliphatic carbocycles. The van der Waals surface area contributed by atoms with Gasteiger partial charge in [-0.3, -0.25) is 0 Å². The maximum Gasteiger partial charge on any atom is 0.132 e. The van der Waals surface area contributed by atoms with E-state index >= 15 is 0 Å². The summed E-state index contributed by atoms with van der Waals surface area (Å²) in [6, 6.07) is 2.31. The highest BCUT2D eigenvalue weighted by atomic mass is 19.1. The summed E-state index contributed by atoms with van der Waals surface area (Å²) in [7, 11) is 0. The number of nitrogens with two attached hydrogens (primary N) is 1. The van der Waals surface area contributed by atoms with E-state index in [1.165, 1.54) is 6.08 Å². The second-order valence-electron chi connectivity index (χ2n) is 2.76. The Labute approximate surface area is 80.7 Å². The molecule has 0 atom stereocenters. The van der Waals surface area contributed by atoms with Gasteiger partial charge in [0.25, 0.3) is 0 Å². The number of hydrogen-bond acceptors (Lipinski definition) is 2. The van der Waals surface area contributed by atoms with Crippen LogP contribution in [0.15, 0.2) is 18.2 Å². The molecule has 0 heterocycles. The standard InChI is InChI=1S/C10H11F2NO/c11-9-4-7(2-1-3-13)5-10(12)8(9)6-14/h1-2,4-5,14H,3,6,13H2. The monoisotopic (exact) mass is 199 g/mol. The molecule has 1 aromatic carbocycles. The van der Waals surface area contributed by atoms with Gasteiger partial charge < -0.3 is 10.8 Å². The van der Waals surface area contributed by atoms with Crippen molar-refractivity contribution in [3.05, 3.63) is 41.0 Å². The van der Waals surface area contributed by atoms with Gasteiger partial charge >= 0.3 is 0 Å². The summed E-state index contributed by atoms with van der Waals surface area (Å²) in [5.41, 5.74) is 5.28. The smallest absolute Gasteiger partial charge is 0.132 e. The molecule has 0 bridgehead atoms. The topological polar surface area (TPSA) is 46.2 Å². The van der Waals surface area contributed by atoms with Crippen molar-refractivity contribution in [1.82, 2.24) is 0 Å². The quantitative estimate of drug-likeness (QED) is 0.773. The average molecular weight is 199 g/mol. The van der Waals surface area contributed by atoms with Crippen molar-refractivity contribution in [2.75, 3.05) is 6.54 Å². The zero-order valence-electron chi connectivity index (χ0n) is 7.50. The number of aliphatic hydroxyl groups excluding tert-OH is 1. The minimum absolute atomic E-state index is 0.310. The Bertz CT molecular complexity index is 327. The molecule has 1 rings (SSSR count). The average Bonchev–Trinajstić information content (AvgIpc) is 2.14. The minimum atomic E-state index is -0.746. The van der Waals surface area contributed by atoms with E-state index in [9.17, 15) is 8.78 Å². The summed E-state index contributed by atoms with van der Waals surface area (Å²) in [6.07, 6.45) is 3.11. The molecule has 76 valence electrons. The lowest BCUT2D eigenvalue weighted by Gasteiger charge is -2.02. The molecule has 0 aliphatic rings. The van der Waals surface area contributed by atoms with Gasteiger partial charge in [-0.25, -0.2) is 8.78 Å². The Kier molecular flexibility index (Phi) is 3.73. The van der Waals surface area contributed by atoms with E-state index in [1.54, 1.807) is 6.08 Å². The lowest BCUT2D eigenvalue weighted by Crippen LogP contribution is -1.96. The van der Waals surface area contributed by atoms with Gasteiger partial charge in [-0.2, -0.15) is 0 Å². The summed E-state index contributed by atoms with van der Waals surface area (Å²) in [4.78, 5) is 0. The van der Waals surface area contributed by atoms with Crippen molar-refractivity contribution in [2.45, 2.75) is 6.61 Å².